The maximum atomic E-state index is 5.97. The van der Waals surface area contributed by atoms with Gasteiger partial charge in [0.05, 0.1) is 7.11 Å². The van der Waals surface area contributed by atoms with Crippen molar-refractivity contribution in [1.82, 2.24) is 4.98 Å². The minimum atomic E-state index is 0.543. The molecule has 0 fully saturated rings. The highest BCUT2D eigenvalue weighted by Gasteiger charge is 2.12. The molecule has 0 aliphatic rings. The van der Waals surface area contributed by atoms with E-state index in [1.54, 1.807) is 7.11 Å². The molecule has 0 amide bonds. The van der Waals surface area contributed by atoms with Gasteiger partial charge in [0, 0.05) is 10.9 Å². The Labute approximate surface area is 108 Å². The summed E-state index contributed by atoms with van der Waals surface area (Å²) in [5, 5.41) is 2.18. The number of hydrogen-bond acceptors (Lipinski definition) is 3. The second-order valence-electron chi connectivity index (χ2n) is 4.49. The van der Waals surface area contributed by atoms with E-state index in [-0.39, 0.29) is 0 Å². The van der Waals surface area contributed by atoms with Crippen LogP contribution >= 0.6 is 0 Å². The molecule has 0 bridgehead atoms. The van der Waals surface area contributed by atoms with Gasteiger partial charge in [0.2, 0.25) is 5.88 Å². The molecule has 3 heteroatoms. The van der Waals surface area contributed by atoms with E-state index in [1.165, 1.54) is 18.4 Å². The second kappa shape index (κ2) is 5.71. The predicted molar refractivity (Wildman–Crippen MR) is 75.9 cm³/mol. The fourth-order valence-corrected chi connectivity index (χ4v) is 2.28. The van der Waals surface area contributed by atoms with Crippen LogP contribution in [0, 0.1) is 0 Å². The third-order valence-corrected chi connectivity index (χ3v) is 3.23. The van der Waals surface area contributed by atoms with Gasteiger partial charge in [-0.25, -0.2) is 0 Å². The topological polar surface area (TPSA) is 48.1 Å². The van der Waals surface area contributed by atoms with Crippen LogP contribution in [0.3, 0.4) is 0 Å². The number of ether oxygens (including phenoxy) is 1. The molecule has 2 rings (SSSR count). The molecule has 0 saturated heterocycles. The SMILES string of the molecule is CCCCCc1c(OC)nc(N)c2ccccc12. The third-order valence-electron chi connectivity index (χ3n) is 3.23. The molecule has 2 aromatic rings. The summed E-state index contributed by atoms with van der Waals surface area (Å²) in [6.07, 6.45) is 4.58. The van der Waals surface area contributed by atoms with Crippen LogP contribution in [0.5, 0.6) is 5.88 Å². The van der Waals surface area contributed by atoms with E-state index in [2.05, 4.69) is 18.0 Å². The van der Waals surface area contributed by atoms with Crippen LogP contribution in [0.2, 0.25) is 0 Å². The van der Waals surface area contributed by atoms with Crippen molar-refractivity contribution in [1.29, 1.82) is 0 Å². The zero-order chi connectivity index (χ0) is 13.0. The van der Waals surface area contributed by atoms with Crippen molar-refractivity contribution in [2.45, 2.75) is 32.6 Å². The predicted octanol–water partition coefficient (Wildman–Crippen LogP) is 3.56. The first kappa shape index (κ1) is 12.7. The summed E-state index contributed by atoms with van der Waals surface area (Å²) in [5.41, 5.74) is 7.14. The highest BCUT2D eigenvalue weighted by atomic mass is 16.5. The Morgan fingerprint density at radius 2 is 1.89 bits per heavy atom. The smallest absolute Gasteiger partial charge is 0.218 e. The summed E-state index contributed by atoms with van der Waals surface area (Å²) in [7, 11) is 1.65. The minimum Gasteiger partial charge on any atom is -0.481 e. The fourth-order valence-electron chi connectivity index (χ4n) is 2.28. The summed E-state index contributed by atoms with van der Waals surface area (Å²) >= 11 is 0. The molecule has 2 N–H and O–H groups in total. The molecule has 3 nitrogen and oxygen atoms in total. The zero-order valence-electron chi connectivity index (χ0n) is 11.1. The maximum absolute atomic E-state index is 5.97. The molecule has 0 unspecified atom stereocenters. The Kier molecular flexibility index (Phi) is 4.03. The van der Waals surface area contributed by atoms with E-state index >= 15 is 0 Å². The molecule has 1 aromatic carbocycles. The standard InChI is InChI=1S/C15H20N2O/c1-3-4-5-10-13-11-8-6-7-9-12(11)14(16)17-15(13)18-2/h6-9H,3-5,10H2,1-2H3,(H2,16,17). The van der Waals surface area contributed by atoms with E-state index in [0.717, 1.165) is 23.6 Å². The van der Waals surface area contributed by atoms with Gasteiger partial charge >= 0.3 is 0 Å². The summed E-state index contributed by atoms with van der Waals surface area (Å²) in [6, 6.07) is 8.13. The second-order valence-corrected chi connectivity index (χ2v) is 4.49. The number of methoxy groups -OCH3 is 1. The molecule has 1 aromatic heterocycles. The number of nitrogen functional groups attached to an aromatic ring is 1. The lowest BCUT2D eigenvalue weighted by atomic mass is 10.0. The number of nitrogens with zero attached hydrogens (tertiary/aromatic N) is 1. The Bertz CT molecular complexity index is 537. The van der Waals surface area contributed by atoms with Gasteiger partial charge < -0.3 is 10.5 Å². The quantitative estimate of drug-likeness (QED) is 0.818. The van der Waals surface area contributed by atoms with Crippen LogP contribution in [-0.4, -0.2) is 12.1 Å². The number of nitrogens with two attached hydrogens (primary N) is 1. The monoisotopic (exact) mass is 244 g/mol. The molecule has 0 aliphatic heterocycles. The Morgan fingerprint density at radius 3 is 2.56 bits per heavy atom. The van der Waals surface area contributed by atoms with Gasteiger partial charge in [-0.15, -0.1) is 0 Å². The molecule has 18 heavy (non-hydrogen) atoms. The van der Waals surface area contributed by atoms with Gasteiger partial charge in [-0.1, -0.05) is 44.0 Å². The van der Waals surface area contributed by atoms with Gasteiger partial charge in [0.15, 0.2) is 0 Å². The number of rotatable bonds is 5. The lowest BCUT2D eigenvalue weighted by Crippen LogP contribution is -2.01. The summed E-state index contributed by atoms with van der Waals surface area (Å²) in [4.78, 5) is 4.35. The van der Waals surface area contributed by atoms with Gasteiger partial charge in [-0.05, 0) is 18.2 Å². The van der Waals surface area contributed by atoms with E-state index in [1.807, 2.05) is 18.2 Å². The van der Waals surface area contributed by atoms with Gasteiger partial charge in [-0.3, -0.25) is 0 Å². The summed E-state index contributed by atoms with van der Waals surface area (Å²) in [5.74, 6) is 1.21. The van der Waals surface area contributed by atoms with Crippen molar-refractivity contribution in [3.8, 4) is 5.88 Å². The van der Waals surface area contributed by atoms with E-state index in [9.17, 15) is 0 Å². The van der Waals surface area contributed by atoms with Gasteiger partial charge in [0.1, 0.15) is 5.82 Å². The number of aryl methyl sites for hydroxylation is 1. The van der Waals surface area contributed by atoms with Crippen molar-refractivity contribution in [2.24, 2.45) is 0 Å². The van der Waals surface area contributed by atoms with Crippen molar-refractivity contribution in [2.75, 3.05) is 12.8 Å². The number of anilines is 1. The number of unbranched alkanes of at least 4 members (excludes halogenated alkanes) is 2. The number of pyridine rings is 1. The van der Waals surface area contributed by atoms with Crippen LogP contribution in [-0.2, 0) is 6.42 Å². The maximum Gasteiger partial charge on any atom is 0.218 e. The third kappa shape index (κ3) is 2.40. The van der Waals surface area contributed by atoms with Crippen LogP contribution in [0.1, 0.15) is 31.7 Å². The first-order valence-corrected chi connectivity index (χ1v) is 6.49. The Morgan fingerprint density at radius 1 is 1.17 bits per heavy atom. The van der Waals surface area contributed by atoms with Crippen LogP contribution in [0.25, 0.3) is 10.8 Å². The first-order chi connectivity index (χ1) is 8.77. The first-order valence-electron chi connectivity index (χ1n) is 6.49. The van der Waals surface area contributed by atoms with Crippen LogP contribution in [0.15, 0.2) is 24.3 Å². The molecular weight excluding hydrogens is 224 g/mol. The molecule has 0 saturated carbocycles. The highest BCUT2D eigenvalue weighted by Crippen LogP contribution is 2.30. The molecular formula is C15H20N2O. The van der Waals surface area contributed by atoms with E-state index < -0.39 is 0 Å². The van der Waals surface area contributed by atoms with E-state index in [0.29, 0.717) is 11.7 Å². The molecule has 1 heterocycles. The van der Waals surface area contributed by atoms with Gasteiger partial charge in [0.25, 0.3) is 0 Å². The van der Waals surface area contributed by atoms with Gasteiger partial charge in [-0.2, -0.15) is 4.98 Å². The molecule has 0 atom stereocenters. The molecule has 0 radical (unpaired) electrons. The number of fused-ring (bicyclic) bond motifs is 1. The zero-order valence-corrected chi connectivity index (χ0v) is 11.1. The van der Waals surface area contributed by atoms with Crippen molar-refractivity contribution in [3.05, 3.63) is 29.8 Å². The molecule has 0 aliphatic carbocycles. The number of hydrogen-bond donors (Lipinski definition) is 1. The summed E-state index contributed by atoms with van der Waals surface area (Å²) in [6.45, 7) is 2.20. The largest absolute Gasteiger partial charge is 0.481 e. The average molecular weight is 244 g/mol. The molecule has 0 spiro atoms. The van der Waals surface area contributed by atoms with Crippen molar-refractivity contribution >= 4 is 16.6 Å². The molecule has 96 valence electrons. The lowest BCUT2D eigenvalue weighted by molar-refractivity contribution is 0.393. The van der Waals surface area contributed by atoms with Crippen LogP contribution in [0.4, 0.5) is 5.82 Å². The normalized spacial score (nSPS) is 10.8. The Balaban J connectivity index is 2.49. The highest BCUT2D eigenvalue weighted by molar-refractivity contribution is 5.94. The van der Waals surface area contributed by atoms with Crippen molar-refractivity contribution < 1.29 is 4.74 Å². The number of aromatic nitrogens is 1. The van der Waals surface area contributed by atoms with E-state index in [4.69, 9.17) is 10.5 Å². The lowest BCUT2D eigenvalue weighted by Gasteiger charge is -2.12. The fraction of sp³-hybridized carbons (Fsp3) is 0.400. The van der Waals surface area contributed by atoms with Crippen molar-refractivity contribution in [3.63, 3.8) is 0 Å². The average Bonchev–Trinajstić information content (AvgIpc) is 2.41. The minimum absolute atomic E-state index is 0.543. The Hall–Kier alpha value is -1.77. The van der Waals surface area contributed by atoms with Crippen LogP contribution < -0.4 is 10.5 Å². The number of benzene rings is 1. The summed E-state index contributed by atoms with van der Waals surface area (Å²) < 4.78 is 5.37.